The minimum Gasteiger partial charge on any atom is -0.497 e. The number of sulfonamides is 1. The maximum Gasteiger partial charge on any atom is 0.310 e. The number of hydrogen-bond acceptors (Lipinski definition) is 6. The van der Waals surface area contributed by atoms with Gasteiger partial charge in [0.25, 0.3) is 0 Å². The third-order valence-electron chi connectivity index (χ3n) is 5.20. The second-order valence-corrected chi connectivity index (χ2v) is 9.26. The fourth-order valence-electron chi connectivity index (χ4n) is 3.48. The summed E-state index contributed by atoms with van der Waals surface area (Å²) in [6.07, 6.45) is 1.93. The topological polar surface area (TPSA) is 101 Å². The van der Waals surface area contributed by atoms with Crippen molar-refractivity contribution in [1.29, 1.82) is 0 Å². The number of nitrogens with zero attached hydrogens (tertiary/aromatic N) is 2. The number of benzene rings is 2. The van der Waals surface area contributed by atoms with Crippen LogP contribution in [0.4, 0.5) is 5.69 Å². The van der Waals surface area contributed by atoms with Gasteiger partial charge in [0.05, 0.1) is 30.9 Å². The Morgan fingerprint density at radius 1 is 1.19 bits per heavy atom. The Hall–Kier alpha value is -3.59. The molecule has 2 heterocycles. The number of carbonyl (C=O) groups is 1. The zero-order chi connectivity index (χ0) is 22.7. The third kappa shape index (κ3) is 4.52. The molecular weight excluding hydrogens is 430 g/mol. The van der Waals surface area contributed by atoms with Crippen LogP contribution in [-0.2, 0) is 10.0 Å². The van der Waals surface area contributed by atoms with E-state index in [1.54, 1.807) is 50.4 Å². The first-order chi connectivity index (χ1) is 15.4. The molecular formula is C23H23N3O5S. The molecule has 1 N–H and O–H groups in total. The summed E-state index contributed by atoms with van der Waals surface area (Å²) < 4.78 is 36.7. The van der Waals surface area contributed by atoms with E-state index in [1.807, 2.05) is 24.3 Å². The third-order valence-corrected chi connectivity index (χ3v) is 6.51. The predicted octanol–water partition coefficient (Wildman–Crippen LogP) is 4.04. The molecule has 0 saturated carbocycles. The van der Waals surface area contributed by atoms with Gasteiger partial charge in [0, 0.05) is 12.1 Å². The van der Waals surface area contributed by atoms with Crippen LogP contribution < -0.4 is 9.46 Å². The molecule has 1 unspecified atom stereocenters. The normalized spacial score (nSPS) is 16.0. The molecule has 1 atom stereocenters. The minimum atomic E-state index is -3.36. The van der Waals surface area contributed by atoms with Crippen LogP contribution in [0.3, 0.4) is 0 Å². The van der Waals surface area contributed by atoms with E-state index in [9.17, 15) is 13.2 Å². The molecule has 1 aliphatic heterocycles. The minimum absolute atomic E-state index is 0.00642. The highest BCUT2D eigenvalue weighted by molar-refractivity contribution is 7.92. The summed E-state index contributed by atoms with van der Waals surface area (Å²) in [5.74, 6) is 0.541. The van der Waals surface area contributed by atoms with Crippen LogP contribution in [0.1, 0.15) is 41.1 Å². The molecule has 4 rings (SSSR count). The van der Waals surface area contributed by atoms with Gasteiger partial charge in [-0.3, -0.25) is 9.52 Å². The molecule has 1 amide bonds. The van der Waals surface area contributed by atoms with E-state index in [1.165, 1.54) is 11.3 Å². The van der Waals surface area contributed by atoms with E-state index >= 15 is 0 Å². The van der Waals surface area contributed by atoms with Crippen LogP contribution in [0.2, 0.25) is 0 Å². The average molecular weight is 454 g/mol. The van der Waals surface area contributed by atoms with Crippen molar-refractivity contribution in [2.45, 2.75) is 19.4 Å². The first-order valence-electron chi connectivity index (χ1n) is 10.1. The van der Waals surface area contributed by atoms with Crippen LogP contribution in [0, 0.1) is 0 Å². The maximum atomic E-state index is 13.1. The molecule has 8 nitrogen and oxygen atoms in total. The van der Waals surface area contributed by atoms with Gasteiger partial charge in [0.1, 0.15) is 5.75 Å². The molecule has 2 aromatic carbocycles. The van der Waals surface area contributed by atoms with Gasteiger partial charge in [0.15, 0.2) is 5.76 Å². The van der Waals surface area contributed by atoms with Crippen molar-refractivity contribution < 1.29 is 22.4 Å². The van der Waals surface area contributed by atoms with Crippen molar-refractivity contribution in [1.82, 2.24) is 5.01 Å². The summed E-state index contributed by atoms with van der Waals surface area (Å²) in [5.41, 5.74) is 2.87. The smallest absolute Gasteiger partial charge is 0.310 e. The Morgan fingerprint density at radius 2 is 1.97 bits per heavy atom. The van der Waals surface area contributed by atoms with Gasteiger partial charge in [-0.1, -0.05) is 24.3 Å². The van der Waals surface area contributed by atoms with Crippen molar-refractivity contribution >= 4 is 27.3 Å². The summed E-state index contributed by atoms with van der Waals surface area (Å²) >= 11 is 0. The van der Waals surface area contributed by atoms with Gasteiger partial charge < -0.3 is 9.15 Å². The zero-order valence-electron chi connectivity index (χ0n) is 17.7. The van der Waals surface area contributed by atoms with E-state index in [0.717, 1.165) is 11.1 Å². The highest BCUT2D eigenvalue weighted by atomic mass is 32.2. The van der Waals surface area contributed by atoms with Crippen LogP contribution in [0.5, 0.6) is 5.75 Å². The molecule has 1 aromatic heterocycles. The van der Waals surface area contributed by atoms with Gasteiger partial charge in [-0.25, -0.2) is 13.4 Å². The number of nitrogens with one attached hydrogen (secondary N) is 1. The van der Waals surface area contributed by atoms with Crippen molar-refractivity contribution in [3.05, 3.63) is 83.8 Å². The highest BCUT2D eigenvalue weighted by Gasteiger charge is 2.35. The molecule has 0 bridgehead atoms. The SMILES string of the molecule is CCS(=O)(=O)Nc1ccc(C2=NN(C(=O)c3ccco3)C(c3cccc(OC)c3)C2)cc1. The van der Waals surface area contributed by atoms with Crippen molar-refractivity contribution in [2.24, 2.45) is 5.10 Å². The molecule has 166 valence electrons. The number of ether oxygens (including phenoxy) is 1. The molecule has 0 fully saturated rings. The number of carbonyl (C=O) groups excluding carboxylic acids is 1. The Kier molecular flexibility index (Phi) is 6.00. The molecule has 32 heavy (non-hydrogen) atoms. The number of furan rings is 1. The van der Waals surface area contributed by atoms with Crippen molar-refractivity contribution in [2.75, 3.05) is 17.6 Å². The second-order valence-electron chi connectivity index (χ2n) is 7.25. The van der Waals surface area contributed by atoms with Gasteiger partial charge in [-0.05, 0) is 54.4 Å². The van der Waals surface area contributed by atoms with Crippen LogP contribution in [0.25, 0.3) is 0 Å². The summed E-state index contributed by atoms with van der Waals surface area (Å²) in [6.45, 7) is 1.58. The number of hydrogen-bond donors (Lipinski definition) is 1. The summed E-state index contributed by atoms with van der Waals surface area (Å²) in [4.78, 5) is 13.1. The first kappa shape index (κ1) is 21.6. The number of hydrazone groups is 1. The standard InChI is InChI=1S/C23H23N3O5S/c1-3-32(28,29)25-18-11-9-16(10-12-18)20-15-21(17-6-4-7-19(14-17)30-2)26(24-20)23(27)22-8-5-13-31-22/h4-14,21,25H,3,15H2,1-2H3. The lowest BCUT2D eigenvalue weighted by atomic mass is 9.98. The lowest BCUT2D eigenvalue weighted by Gasteiger charge is -2.21. The fraction of sp³-hybridized carbons (Fsp3) is 0.217. The first-order valence-corrected chi connectivity index (χ1v) is 11.7. The number of methoxy groups -OCH3 is 1. The van der Waals surface area contributed by atoms with Crippen molar-refractivity contribution in [3.8, 4) is 5.75 Å². The molecule has 1 aliphatic rings. The van der Waals surface area contributed by atoms with E-state index < -0.39 is 10.0 Å². The van der Waals surface area contributed by atoms with Crippen molar-refractivity contribution in [3.63, 3.8) is 0 Å². The number of rotatable bonds is 7. The summed E-state index contributed by atoms with van der Waals surface area (Å²) in [7, 11) is -1.76. The van der Waals surface area contributed by atoms with Gasteiger partial charge in [-0.2, -0.15) is 5.10 Å². The zero-order valence-corrected chi connectivity index (χ0v) is 18.5. The van der Waals surface area contributed by atoms with E-state index in [0.29, 0.717) is 23.6 Å². The van der Waals surface area contributed by atoms with E-state index in [4.69, 9.17) is 9.15 Å². The Bertz CT molecular complexity index is 1230. The average Bonchev–Trinajstić information content (AvgIpc) is 3.50. The van der Waals surface area contributed by atoms with E-state index in [2.05, 4.69) is 9.82 Å². The van der Waals surface area contributed by atoms with Crippen LogP contribution in [-0.4, -0.2) is 37.9 Å². The molecule has 0 radical (unpaired) electrons. The van der Waals surface area contributed by atoms with Crippen LogP contribution >= 0.6 is 0 Å². The Labute approximate surface area is 186 Å². The molecule has 0 saturated heterocycles. The lowest BCUT2D eigenvalue weighted by molar-refractivity contribution is 0.0678. The monoisotopic (exact) mass is 453 g/mol. The number of anilines is 1. The highest BCUT2D eigenvalue weighted by Crippen LogP contribution is 2.35. The largest absolute Gasteiger partial charge is 0.497 e. The maximum absolute atomic E-state index is 13.1. The molecule has 0 aliphatic carbocycles. The van der Waals surface area contributed by atoms with Gasteiger partial charge in [0.2, 0.25) is 10.0 Å². The number of amides is 1. The quantitative estimate of drug-likeness (QED) is 0.582. The van der Waals surface area contributed by atoms with E-state index in [-0.39, 0.29) is 23.5 Å². The predicted molar refractivity (Wildman–Crippen MR) is 121 cm³/mol. The fourth-order valence-corrected chi connectivity index (χ4v) is 4.12. The Balaban J connectivity index is 1.65. The molecule has 9 heteroatoms. The van der Waals surface area contributed by atoms with Crippen LogP contribution in [0.15, 0.2) is 76.4 Å². The Morgan fingerprint density at radius 3 is 2.62 bits per heavy atom. The summed E-state index contributed by atoms with van der Waals surface area (Å²) in [6, 6.07) is 17.4. The van der Waals surface area contributed by atoms with Gasteiger partial charge >= 0.3 is 5.91 Å². The second kappa shape index (κ2) is 8.88. The van der Waals surface area contributed by atoms with Gasteiger partial charge in [-0.15, -0.1) is 0 Å². The summed E-state index contributed by atoms with van der Waals surface area (Å²) in [5, 5.41) is 6.04. The lowest BCUT2D eigenvalue weighted by Crippen LogP contribution is -2.26. The molecule has 3 aromatic rings. The molecule has 0 spiro atoms.